The lowest BCUT2D eigenvalue weighted by Gasteiger charge is -2.23. The Labute approximate surface area is 153 Å². The summed E-state index contributed by atoms with van der Waals surface area (Å²) in [6.07, 6.45) is 2.48. The van der Waals surface area contributed by atoms with Crippen molar-refractivity contribution in [1.82, 2.24) is 15.1 Å². The topological polar surface area (TPSA) is 93.4 Å². The minimum absolute atomic E-state index is 0.0174. The second kappa shape index (κ2) is 6.50. The van der Waals surface area contributed by atoms with Crippen LogP contribution < -0.4 is 0 Å². The van der Waals surface area contributed by atoms with Crippen LogP contribution in [0.25, 0.3) is 0 Å². The highest BCUT2D eigenvalue weighted by atomic mass is 32.2. The minimum Gasteiger partial charge on any atom is -0.410 e. The molecule has 3 rings (SSSR count). The Bertz CT molecular complexity index is 911. The molecule has 1 aromatic heterocycles. The lowest BCUT2D eigenvalue weighted by Crippen LogP contribution is -2.30. The number of rotatable bonds is 3. The van der Waals surface area contributed by atoms with Crippen molar-refractivity contribution in [3.63, 3.8) is 0 Å². The third kappa shape index (κ3) is 3.65. The molecule has 7 nitrogen and oxygen atoms in total. The molecule has 1 aromatic carbocycles. The van der Waals surface area contributed by atoms with Crippen LogP contribution in [-0.2, 0) is 15.3 Å². The molecule has 0 unspecified atom stereocenters. The van der Waals surface area contributed by atoms with E-state index in [4.69, 9.17) is 4.42 Å². The number of hydrogen-bond acceptors (Lipinski definition) is 6. The lowest BCUT2D eigenvalue weighted by atomic mass is 9.86. The van der Waals surface area contributed by atoms with Crippen LogP contribution >= 0.6 is 0 Å². The molecule has 1 atom stereocenters. The van der Waals surface area contributed by atoms with Crippen LogP contribution in [0.4, 0.5) is 0 Å². The molecule has 1 aliphatic heterocycles. The van der Waals surface area contributed by atoms with Crippen molar-refractivity contribution in [2.45, 2.75) is 50.3 Å². The smallest absolute Gasteiger partial charge is 0.335 e. The van der Waals surface area contributed by atoms with Gasteiger partial charge in [0.1, 0.15) is 6.04 Å². The van der Waals surface area contributed by atoms with Gasteiger partial charge in [0.15, 0.2) is 0 Å². The highest BCUT2D eigenvalue weighted by molar-refractivity contribution is 7.90. The van der Waals surface area contributed by atoms with Crippen molar-refractivity contribution in [2.75, 3.05) is 12.8 Å². The van der Waals surface area contributed by atoms with Crippen molar-refractivity contribution in [3.05, 3.63) is 41.3 Å². The van der Waals surface area contributed by atoms with Crippen molar-refractivity contribution < 1.29 is 17.6 Å². The van der Waals surface area contributed by atoms with Gasteiger partial charge in [-0.25, -0.2) is 8.42 Å². The van der Waals surface area contributed by atoms with E-state index < -0.39 is 21.1 Å². The minimum atomic E-state index is -3.56. The standard InChI is InChI=1S/C18H23N3O4S/c1-18(2,3)13-9-7-12(8-10-13)16(22)21-11-5-6-14(21)15-19-20-17(25-15)26(4,23)24/h7-10,14H,5-6,11H2,1-4H3/t14-/m0/s1. The quantitative estimate of drug-likeness (QED) is 0.816. The average Bonchev–Trinajstić information content (AvgIpc) is 3.21. The number of benzene rings is 1. The van der Waals surface area contributed by atoms with Gasteiger partial charge in [0.25, 0.3) is 5.91 Å². The van der Waals surface area contributed by atoms with Gasteiger partial charge in [0, 0.05) is 18.4 Å². The first-order chi connectivity index (χ1) is 12.1. The third-order valence-corrected chi connectivity index (χ3v) is 5.34. The predicted octanol–water partition coefficient (Wildman–Crippen LogP) is 2.75. The predicted molar refractivity (Wildman–Crippen MR) is 95.6 cm³/mol. The second-order valence-corrected chi connectivity index (χ2v) is 9.56. The normalized spacial score (nSPS) is 18.3. The first kappa shape index (κ1) is 18.6. The summed E-state index contributed by atoms with van der Waals surface area (Å²) < 4.78 is 28.4. The molecular formula is C18H23N3O4S. The Kier molecular flexibility index (Phi) is 4.64. The van der Waals surface area contributed by atoms with Crippen LogP contribution in [-0.4, -0.2) is 42.2 Å². The maximum absolute atomic E-state index is 12.9. The molecule has 0 bridgehead atoms. The fourth-order valence-corrected chi connectivity index (χ4v) is 3.48. The van der Waals surface area contributed by atoms with E-state index in [2.05, 4.69) is 31.0 Å². The van der Waals surface area contributed by atoms with E-state index in [1.807, 2.05) is 24.3 Å². The molecule has 0 saturated carbocycles. The Balaban J connectivity index is 1.83. The van der Waals surface area contributed by atoms with Crippen LogP contribution in [0, 0.1) is 0 Å². The summed E-state index contributed by atoms with van der Waals surface area (Å²) >= 11 is 0. The molecule has 26 heavy (non-hydrogen) atoms. The van der Waals surface area contributed by atoms with Gasteiger partial charge in [-0.05, 0) is 36.0 Å². The van der Waals surface area contributed by atoms with Gasteiger partial charge in [-0.15, -0.1) is 5.10 Å². The van der Waals surface area contributed by atoms with Crippen LogP contribution in [0.15, 0.2) is 33.9 Å². The number of carbonyl (C=O) groups is 1. The Hall–Kier alpha value is -2.22. The molecule has 0 aliphatic carbocycles. The van der Waals surface area contributed by atoms with E-state index in [1.165, 1.54) is 0 Å². The van der Waals surface area contributed by atoms with E-state index in [0.717, 1.165) is 18.2 Å². The number of hydrogen-bond donors (Lipinski definition) is 0. The average molecular weight is 377 g/mol. The molecule has 2 aromatic rings. The summed E-state index contributed by atoms with van der Waals surface area (Å²) in [7, 11) is -3.56. The molecule has 140 valence electrons. The summed E-state index contributed by atoms with van der Waals surface area (Å²) in [5.41, 5.74) is 1.76. The first-order valence-corrected chi connectivity index (χ1v) is 10.4. The fraction of sp³-hybridized carbons (Fsp3) is 0.500. The zero-order chi connectivity index (χ0) is 19.1. The lowest BCUT2D eigenvalue weighted by molar-refractivity contribution is 0.0712. The van der Waals surface area contributed by atoms with Gasteiger partial charge in [0.05, 0.1) is 0 Å². The van der Waals surface area contributed by atoms with Crippen LogP contribution in [0.1, 0.15) is 61.5 Å². The van der Waals surface area contributed by atoms with Gasteiger partial charge in [-0.2, -0.15) is 0 Å². The molecular weight excluding hydrogens is 354 g/mol. The summed E-state index contributed by atoms with van der Waals surface area (Å²) in [5, 5.41) is 7.03. The maximum atomic E-state index is 12.9. The Morgan fingerprint density at radius 2 is 1.85 bits per heavy atom. The molecule has 8 heteroatoms. The zero-order valence-electron chi connectivity index (χ0n) is 15.4. The van der Waals surface area contributed by atoms with Gasteiger partial charge in [-0.3, -0.25) is 4.79 Å². The monoisotopic (exact) mass is 377 g/mol. The molecule has 1 fully saturated rings. The van der Waals surface area contributed by atoms with Crippen LogP contribution in [0.3, 0.4) is 0 Å². The fourth-order valence-electron chi connectivity index (χ4n) is 3.05. The Morgan fingerprint density at radius 1 is 1.19 bits per heavy atom. The largest absolute Gasteiger partial charge is 0.410 e. The number of amides is 1. The van der Waals surface area contributed by atoms with E-state index in [-0.39, 0.29) is 17.2 Å². The van der Waals surface area contributed by atoms with Crippen molar-refractivity contribution in [1.29, 1.82) is 0 Å². The van der Waals surface area contributed by atoms with E-state index >= 15 is 0 Å². The number of nitrogens with zero attached hydrogens (tertiary/aromatic N) is 3. The Morgan fingerprint density at radius 3 is 2.38 bits per heavy atom. The summed E-state index contributed by atoms with van der Waals surface area (Å²) in [5.74, 6) is 0.0506. The highest BCUT2D eigenvalue weighted by Crippen LogP contribution is 2.33. The van der Waals surface area contributed by atoms with Crippen LogP contribution in [0.2, 0.25) is 0 Å². The van der Waals surface area contributed by atoms with Gasteiger partial charge < -0.3 is 9.32 Å². The second-order valence-electron chi connectivity index (χ2n) is 7.66. The molecule has 0 spiro atoms. The molecule has 0 N–H and O–H groups in total. The van der Waals surface area contributed by atoms with Gasteiger partial charge in [0.2, 0.25) is 15.7 Å². The number of aromatic nitrogens is 2. The third-order valence-electron chi connectivity index (χ3n) is 4.54. The van der Waals surface area contributed by atoms with E-state index in [0.29, 0.717) is 18.5 Å². The van der Waals surface area contributed by atoms with Gasteiger partial charge >= 0.3 is 5.22 Å². The summed E-state index contributed by atoms with van der Waals surface area (Å²) in [6.45, 7) is 6.93. The zero-order valence-corrected chi connectivity index (χ0v) is 16.2. The summed E-state index contributed by atoms with van der Waals surface area (Å²) in [6, 6.07) is 7.19. The SMILES string of the molecule is CC(C)(C)c1ccc(C(=O)N2CCC[C@H]2c2nnc(S(C)(=O)=O)o2)cc1. The van der Waals surface area contributed by atoms with E-state index in [9.17, 15) is 13.2 Å². The van der Waals surface area contributed by atoms with Crippen molar-refractivity contribution in [3.8, 4) is 0 Å². The van der Waals surface area contributed by atoms with Gasteiger partial charge in [-0.1, -0.05) is 38.0 Å². The molecule has 2 heterocycles. The first-order valence-electron chi connectivity index (χ1n) is 8.52. The highest BCUT2D eigenvalue weighted by Gasteiger charge is 2.35. The molecule has 1 amide bonds. The van der Waals surface area contributed by atoms with Crippen molar-refractivity contribution in [2.24, 2.45) is 0 Å². The number of sulfone groups is 1. The van der Waals surface area contributed by atoms with E-state index in [1.54, 1.807) is 4.90 Å². The number of likely N-dealkylation sites (tertiary alicyclic amines) is 1. The molecule has 1 saturated heterocycles. The molecule has 1 aliphatic rings. The summed E-state index contributed by atoms with van der Waals surface area (Å²) in [4.78, 5) is 14.6. The number of carbonyl (C=O) groups excluding carboxylic acids is 1. The van der Waals surface area contributed by atoms with Crippen LogP contribution in [0.5, 0.6) is 0 Å². The van der Waals surface area contributed by atoms with Crippen molar-refractivity contribution >= 4 is 15.7 Å². The molecule has 0 radical (unpaired) electrons. The maximum Gasteiger partial charge on any atom is 0.335 e.